The highest BCUT2D eigenvalue weighted by Crippen LogP contribution is 2.16. The Morgan fingerprint density at radius 3 is 3.00 bits per heavy atom. The summed E-state index contributed by atoms with van der Waals surface area (Å²) in [6, 6.07) is 6.83. The van der Waals surface area contributed by atoms with Crippen LogP contribution < -0.4 is 5.32 Å². The van der Waals surface area contributed by atoms with E-state index in [0.29, 0.717) is 10.7 Å². The van der Waals surface area contributed by atoms with Crippen molar-refractivity contribution in [1.29, 1.82) is 0 Å². The standard InChI is InChI=1S/C11H12N2O2S/c14-9-4-2-1-3-8(9)7-10(15)13-11-12-5-6-16-11/h1-4,14H,5-7H2,(H,12,13,15). The van der Waals surface area contributed by atoms with E-state index in [2.05, 4.69) is 10.3 Å². The van der Waals surface area contributed by atoms with Crippen LogP contribution in [0.3, 0.4) is 0 Å². The number of amidine groups is 1. The number of benzene rings is 1. The number of hydrogen-bond donors (Lipinski definition) is 2. The van der Waals surface area contributed by atoms with E-state index in [9.17, 15) is 9.90 Å². The number of aromatic hydroxyl groups is 1. The summed E-state index contributed by atoms with van der Waals surface area (Å²) in [5, 5.41) is 12.9. The van der Waals surface area contributed by atoms with Crippen molar-refractivity contribution in [2.45, 2.75) is 6.42 Å². The number of thioether (sulfide) groups is 1. The van der Waals surface area contributed by atoms with Crippen molar-refractivity contribution in [3.63, 3.8) is 0 Å². The van der Waals surface area contributed by atoms with E-state index in [1.165, 1.54) is 0 Å². The molecule has 1 aliphatic rings. The fourth-order valence-corrected chi connectivity index (χ4v) is 2.15. The predicted molar refractivity (Wildman–Crippen MR) is 64.7 cm³/mol. The van der Waals surface area contributed by atoms with Crippen molar-refractivity contribution in [2.24, 2.45) is 4.99 Å². The number of aliphatic imine (C=N–C) groups is 1. The Balaban J connectivity index is 1.94. The van der Waals surface area contributed by atoms with Crippen LogP contribution in [0.2, 0.25) is 0 Å². The number of nitrogens with zero attached hydrogens (tertiary/aromatic N) is 1. The lowest BCUT2D eigenvalue weighted by Gasteiger charge is -2.05. The summed E-state index contributed by atoms with van der Waals surface area (Å²) >= 11 is 1.54. The Morgan fingerprint density at radius 2 is 2.31 bits per heavy atom. The Morgan fingerprint density at radius 1 is 1.50 bits per heavy atom. The summed E-state index contributed by atoms with van der Waals surface area (Å²) < 4.78 is 0. The van der Waals surface area contributed by atoms with Gasteiger partial charge in [-0.1, -0.05) is 30.0 Å². The van der Waals surface area contributed by atoms with Gasteiger partial charge in [0.15, 0.2) is 5.17 Å². The zero-order valence-electron chi connectivity index (χ0n) is 8.64. The van der Waals surface area contributed by atoms with Crippen LogP contribution in [0.4, 0.5) is 0 Å². The van der Waals surface area contributed by atoms with Gasteiger partial charge in [0.05, 0.1) is 13.0 Å². The lowest BCUT2D eigenvalue weighted by Crippen LogP contribution is -2.28. The zero-order chi connectivity index (χ0) is 11.4. The Labute approximate surface area is 97.8 Å². The van der Waals surface area contributed by atoms with Gasteiger partial charge in [-0.15, -0.1) is 0 Å². The molecule has 1 aromatic rings. The molecular weight excluding hydrogens is 224 g/mol. The highest BCUT2D eigenvalue weighted by Gasteiger charge is 2.12. The predicted octanol–water partition coefficient (Wildman–Crippen LogP) is 1.15. The van der Waals surface area contributed by atoms with E-state index in [1.807, 2.05) is 0 Å². The van der Waals surface area contributed by atoms with Crippen LogP contribution in [0, 0.1) is 0 Å². The summed E-state index contributed by atoms with van der Waals surface area (Å²) in [5.74, 6) is 0.931. The fourth-order valence-electron chi connectivity index (χ4n) is 1.41. The lowest BCUT2D eigenvalue weighted by molar-refractivity contribution is -0.119. The van der Waals surface area contributed by atoms with Crippen LogP contribution in [0.25, 0.3) is 0 Å². The molecule has 0 saturated heterocycles. The molecule has 5 heteroatoms. The fraction of sp³-hybridized carbons (Fsp3) is 0.273. The molecule has 84 valence electrons. The topological polar surface area (TPSA) is 61.7 Å². The molecule has 1 amide bonds. The van der Waals surface area contributed by atoms with Crippen LogP contribution >= 0.6 is 11.8 Å². The van der Waals surface area contributed by atoms with E-state index < -0.39 is 0 Å². The second-order valence-electron chi connectivity index (χ2n) is 3.39. The molecule has 0 spiro atoms. The van der Waals surface area contributed by atoms with Crippen molar-refractivity contribution >= 4 is 22.8 Å². The lowest BCUT2D eigenvalue weighted by atomic mass is 10.1. The number of nitrogens with one attached hydrogen (secondary N) is 1. The SMILES string of the molecule is O=C(Cc1ccccc1O)NC1=NCCS1. The molecule has 2 rings (SSSR count). The van der Waals surface area contributed by atoms with Gasteiger partial charge < -0.3 is 10.4 Å². The number of carbonyl (C=O) groups is 1. The van der Waals surface area contributed by atoms with Crippen LogP contribution in [0.15, 0.2) is 29.3 Å². The van der Waals surface area contributed by atoms with Crippen LogP contribution in [0.5, 0.6) is 5.75 Å². The molecule has 4 nitrogen and oxygen atoms in total. The van der Waals surface area contributed by atoms with E-state index in [4.69, 9.17) is 0 Å². The van der Waals surface area contributed by atoms with Gasteiger partial charge in [0, 0.05) is 11.3 Å². The van der Waals surface area contributed by atoms with Crippen LogP contribution in [-0.2, 0) is 11.2 Å². The quantitative estimate of drug-likeness (QED) is 0.810. The van der Waals surface area contributed by atoms with Gasteiger partial charge in [0.25, 0.3) is 0 Å². The van der Waals surface area contributed by atoms with Gasteiger partial charge in [0.1, 0.15) is 5.75 Å². The molecule has 0 atom stereocenters. The minimum Gasteiger partial charge on any atom is -0.508 e. The normalized spacial score (nSPS) is 14.6. The third kappa shape index (κ3) is 2.76. The van der Waals surface area contributed by atoms with Gasteiger partial charge >= 0.3 is 0 Å². The van der Waals surface area contributed by atoms with Crippen molar-refractivity contribution in [3.05, 3.63) is 29.8 Å². The second kappa shape index (κ2) is 5.03. The minimum atomic E-state index is -0.144. The number of rotatable bonds is 2. The second-order valence-corrected chi connectivity index (χ2v) is 4.47. The van der Waals surface area contributed by atoms with Crippen molar-refractivity contribution in [1.82, 2.24) is 5.32 Å². The van der Waals surface area contributed by atoms with Crippen molar-refractivity contribution < 1.29 is 9.90 Å². The third-order valence-electron chi connectivity index (χ3n) is 2.17. The molecule has 0 unspecified atom stereocenters. The van der Waals surface area contributed by atoms with Crippen LogP contribution in [0.1, 0.15) is 5.56 Å². The first-order valence-electron chi connectivity index (χ1n) is 4.99. The number of amides is 1. The van der Waals surface area contributed by atoms with Gasteiger partial charge in [0.2, 0.25) is 5.91 Å². The molecule has 0 bridgehead atoms. The molecule has 1 heterocycles. The average molecular weight is 236 g/mol. The van der Waals surface area contributed by atoms with Gasteiger partial charge in [-0.3, -0.25) is 9.79 Å². The third-order valence-corrected chi connectivity index (χ3v) is 3.07. The summed E-state index contributed by atoms with van der Waals surface area (Å²) in [4.78, 5) is 15.7. The first-order chi connectivity index (χ1) is 7.75. The van der Waals surface area contributed by atoms with E-state index in [1.54, 1.807) is 36.0 Å². The highest BCUT2D eigenvalue weighted by molar-refractivity contribution is 8.14. The Hall–Kier alpha value is -1.49. The largest absolute Gasteiger partial charge is 0.508 e. The molecule has 0 fully saturated rings. The average Bonchev–Trinajstić information content (AvgIpc) is 2.74. The molecule has 0 aromatic heterocycles. The number of hydrogen-bond acceptors (Lipinski definition) is 4. The maximum atomic E-state index is 11.6. The maximum Gasteiger partial charge on any atom is 0.230 e. The number of phenols is 1. The minimum absolute atomic E-state index is 0.144. The van der Waals surface area contributed by atoms with E-state index in [-0.39, 0.29) is 18.1 Å². The molecule has 0 aliphatic carbocycles. The monoisotopic (exact) mass is 236 g/mol. The number of para-hydroxylation sites is 1. The molecule has 0 saturated carbocycles. The summed E-state index contributed by atoms with van der Waals surface area (Å²) in [7, 11) is 0. The van der Waals surface area contributed by atoms with E-state index >= 15 is 0 Å². The van der Waals surface area contributed by atoms with Crippen molar-refractivity contribution in [3.8, 4) is 5.75 Å². The zero-order valence-corrected chi connectivity index (χ0v) is 9.46. The Bertz CT molecular complexity index is 432. The van der Waals surface area contributed by atoms with Gasteiger partial charge in [-0.05, 0) is 6.07 Å². The van der Waals surface area contributed by atoms with Crippen LogP contribution in [-0.4, -0.2) is 28.5 Å². The molecule has 0 radical (unpaired) electrons. The molecule has 2 N–H and O–H groups in total. The smallest absolute Gasteiger partial charge is 0.230 e. The first kappa shape index (κ1) is 11.0. The summed E-state index contributed by atoms with van der Waals surface area (Å²) in [6.07, 6.45) is 0.173. The number of carbonyl (C=O) groups excluding carboxylic acids is 1. The molecule has 16 heavy (non-hydrogen) atoms. The number of phenolic OH excluding ortho intramolecular Hbond substituents is 1. The van der Waals surface area contributed by atoms with Gasteiger partial charge in [-0.2, -0.15) is 0 Å². The molecular formula is C11H12N2O2S. The van der Waals surface area contributed by atoms with E-state index in [0.717, 1.165) is 12.3 Å². The molecule has 1 aromatic carbocycles. The molecule has 1 aliphatic heterocycles. The van der Waals surface area contributed by atoms with Gasteiger partial charge in [-0.25, -0.2) is 0 Å². The first-order valence-corrected chi connectivity index (χ1v) is 5.98. The Kier molecular flexibility index (Phi) is 3.46. The van der Waals surface area contributed by atoms with Crippen molar-refractivity contribution in [2.75, 3.05) is 12.3 Å². The highest BCUT2D eigenvalue weighted by atomic mass is 32.2. The summed E-state index contributed by atoms with van der Waals surface area (Å²) in [5.41, 5.74) is 0.628. The maximum absolute atomic E-state index is 11.6. The summed E-state index contributed by atoms with van der Waals surface area (Å²) in [6.45, 7) is 0.761.